The van der Waals surface area contributed by atoms with Gasteiger partial charge in [0, 0.05) is 25.6 Å². The van der Waals surface area contributed by atoms with Crippen molar-refractivity contribution >= 4 is 17.6 Å². The Hall–Kier alpha value is -1.37. The van der Waals surface area contributed by atoms with Crippen molar-refractivity contribution in [3.63, 3.8) is 0 Å². The molecule has 5 nitrogen and oxygen atoms in total. The molecule has 0 radical (unpaired) electrons. The molecule has 1 aromatic carbocycles. The highest BCUT2D eigenvalue weighted by atomic mass is 35.5. The number of aliphatic hydroxyl groups is 1. The highest BCUT2D eigenvalue weighted by Crippen LogP contribution is 2.23. The number of carbonyl (C=O) groups is 1. The fraction of sp³-hybridized carbons (Fsp3) is 0.650. The maximum Gasteiger partial charge on any atom is 0.306 e. The molecule has 7 heteroatoms. The van der Waals surface area contributed by atoms with Gasteiger partial charge in [-0.15, -0.1) is 0 Å². The van der Waals surface area contributed by atoms with Crippen LogP contribution in [-0.4, -0.2) is 53.9 Å². The number of hydrogen-bond acceptors (Lipinski definition) is 5. The summed E-state index contributed by atoms with van der Waals surface area (Å²) in [5.41, 5.74) is -0.449. The highest BCUT2D eigenvalue weighted by molar-refractivity contribution is 6.30. The Bertz CT molecular complexity index is 635. The molecule has 2 unspecified atom stereocenters. The van der Waals surface area contributed by atoms with Crippen LogP contribution >= 0.6 is 11.6 Å². The van der Waals surface area contributed by atoms with E-state index in [9.17, 15) is 14.3 Å². The molecule has 0 amide bonds. The number of benzene rings is 1. The number of rotatable bonds is 8. The van der Waals surface area contributed by atoms with E-state index >= 15 is 0 Å². The Morgan fingerprint density at radius 1 is 1.44 bits per heavy atom. The van der Waals surface area contributed by atoms with Gasteiger partial charge in [-0.3, -0.25) is 4.79 Å². The lowest BCUT2D eigenvalue weighted by molar-refractivity contribution is -0.155. The van der Waals surface area contributed by atoms with Gasteiger partial charge in [0.1, 0.15) is 29.9 Å². The molecule has 0 spiro atoms. The van der Waals surface area contributed by atoms with E-state index in [1.54, 1.807) is 6.07 Å². The summed E-state index contributed by atoms with van der Waals surface area (Å²) >= 11 is 5.63. The third-order valence-corrected chi connectivity index (χ3v) is 4.66. The summed E-state index contributed by atoms with van der Waals surface area (Å²) in [6.07, 6.45) is 1.54. The maximum atomic E-state index is 13.4. The SMILES string of the molecule is CC(C)(C)OC(=O)CCC1CCN(CC(O)COc2ccc(Cl)c(F)c2)C1. The number of likely N-dealkylation sites (tertiary alicyclic amines) is 1. The Labute approximate surface area is 165 Å². The molecular formula is C20H29ClFNO4. The summed E-state index contributed by atoms with van der Waals surface area (Å²) in [7, 11) is 0. The van der Waals surface area contributed by atoms with Crippen LogP contribution in [0.25, 0.3) is 0 Å². The molecule has 1 fully saturated rings. The molecular weight excluding hydrogens is 373 g/mol. The van der Waals surface area contributed by atoms with Crippen molar-refractivity contribution in [1.29, 1.82) is 0 Å². The number of hydrogen-bond donors (Lipinski definition) is 1. The van der Waals surface area contributed by atoms with Crippen molar-refractivity contribution in [2.75, 3.05) is 26.2 Å². The van der Waals surface area contributed by atoms with Crippen LogP contribution in [0.2, 0.25) is 5.02 Å². The minimum absolute atomic E-state index is 0.0392. The Kier molecular flexibility index (Phi) is 7.89. The predicted molar refractivity (Wildman–Crippen MR) is 103 cm³/mol. The van der Waals surface area contributed by atoms with Crippen LogP contribution in [0.1, 0.15) is 40.0 Å². The zero-order chi connectivity index (χ0) is 20.0. The average Bonchev–Trinajstić information content (AvgIpc) is 3.00. The number of carbonyl (C=O) groups excluding carboxylic acids is 1. The lowest BCUT2D eigenvalue weighted by Crippen LogP contribution is -2.34. The summed E-state index contributed by atoms with van der Waals surface area (Å²) < 4.78 is 24.1. The average molecular weight is 402 g/mol. The molecule has 1 aliphatic rings. The Balaban J connectivity index is 1.66. The summed E-state index contributed by atoms with van der Waals surface area (Å²) in [5, 5.41) is 10.2. The summed E-state index contributed by atoms with van der Waals surface area (Å²) in [5.74, 6) is 0.0595. The molecule has 0 aromatic heterocycles. The number of nitrogens with zero attached hydrogens (tertiary/aromatic N) is 1. The zero-order valence-electron chi connectivity index (χ0n) is 16.2. The molecule has 1 aliphatic heterocycles. The molecule has 2 atom stereocenters. The normalized spacial score (nSPS) is 19.1. The van der Waals surface area contributed by atoms with Crippen LogP contribution in [0.15, 0.2) is 18.2 Å². The second kappa shape index (κ2) is 9.71. The second-order valence-electron chi connectivity index (χ2n) is 8.08. The van der Waals surface area contributed by atoms with Crippen molar-refractivity contribution in [3.05, 3.63) is 29.0 Å². The number of esters is 1. The minimum Gasteiger partial charge on any atom is -0.491 e. The minimum atomic E-state index is -0.673. The summed E-state index contributed by atoms with van der Waals surface area (Å²) in [6.45, 7) is 7.89. The fourth-order valence-corrected chi connectivity index (χ4v) is 3.26. The monoisotopic (exact) mass is 401 g/mol. The van der Waals surface area contributed by atoms with Crippen LogP contribution in [0.5, 0.6) is 5.75 Å². The van der Waals surface area contributed by atoms with E-state index in [1.807, 2.05) is 20.8 Å². The first-order valence-corrected chi connectivity index (χ1v) is 9.70. The fourth-order valence-electron chi connectivity index (χ4n) is 3.14. The molecule has 0 saturated carbocycles. The quantitative estimate of drug-likeness (QED) is 0.673. The lowest BCUT2D eigenvalue weighted by Gasteiger charge is -2.21. The van der Waals surface area contributed by atoms with Gasteiger partial charge in [0.25, 0.3) is 0 Å². The van der Waals surface area contributed by atoms with Gasteiger partial charge in [-0.25, -0.2) is 4.39 Å². The first-order chi connectivity index (χ1) is 12.6. The Morgan fingerprint density at radius 2 is 2.19 bits per heavy atom. The molecule has 0 bridgehead atoms. The molecule has 1 heterocycles. The van der Waals surface area contributed by atoms with Crippen LogP contribution in [0, 0.1) is 11.7 Å². The second-order valence-corrected chi connectivity index (χ2v) is 8.49. The van der Waals surface area contributed by atoms with Crippen molar-refractivity contribution in [2.45, 2.75) is 51.7 Å². The number of β-amino-alcohol motifs (C(OH)–C–C–N with tert-alkyl or cyclic N) is 1. The maximum absolute atomic E-state index is 13.4. The highest BCUT2D eigenvalue weighted by Gasteiger charge is 2.25. The van der Waals surface area contributed by atoms with Crippen LogP contribution in [0.4, 0.5) is 4.39 Å². The van der Waals surface area contributed by atoms with Gasteiger partial charge in [-0.2, -0.15) is 0 Å². The van der Waals surface area contributed by atoms with Gasteiger partial charge in [-0.1, -0.05) is 11.6 Å². The standard InChI is InChI=1S/C20H29ClFNO4/c1-20(2,3)27-19(25)7-4-14-8-9-23(11-14)12-15(24)13-26-16-5-6-17(21)18(22)10-16/h5-6,10,14-15,24H,4,7-9,11-13H2,1-3H3. The summed E-state index contributed by atoms with van der Waals surface area (Å²) in [4.78, 5) is 14.0. The first kappa shape index (κ1) is 21.9. The molecule has 152 valence electrons. The smallest absolute Gasteiger partial charge is 0.306 e. The molecule has 0 aliphatic carbocycles. The summed E-state index contributed by atoms with van der Waals surface area (Å²) in [6, 6.07) is 4.20. The van der Waals surface area contributed by atoms with Crippen LogP contribution < -0.4 is 4.74 Å². The van der Waals surface area contributed by atoms with E-state index in [4.69, 9.17) is 21.1 Å². The van der Waals surface area contributed by atoms with Gasteiger partial charge in [-0.05, 0) is 58.2 Å². The lowest BCUT2D eigenvalue weighted by atomic mass is 10.0. The predicted octanol–water partition coefficient (Wildman–Crippen LogP) is 3.66. The van der Waals surface area contributed by atoms with Crippen molar-refractivity contribution < 1.29 is 23.8 Å². The number of aliphatic hydroxyl groups excluding tert-OH is 1. The Morgan fingerprint density at radius 3 is 2.85 bits per heavy atom. The molecule has 27 heavy (non-hydrogen) atoms. The zero-order valence-corrected chi connectivity index (χ0v) is 17.0. The van der Waals surface area contributed by atoms with Crippen molar-refractivity contribution in [3.8, 4) is 5.75 Å². The van der Waals surface area contributed by atoms with E-state index in [1.165, 1.54) is 12.1 Å². The molecule has 2 rings (SSSR count). The van der Waals surface area contributed by atoms with Crippen molar-refractivity contribution in [2.24, 2.45) is 5.92 Å². The largest absolute Gasteiger partial charge is 0.491 e. The van der Waals surface area contributed by atoms with Crippen LogP contribution in [-0.2, 0) is 9.53 Å². The van der Waals surface area contributed by atoms with Crippen LogP contribution in [0.3, 0.4) is 0 Å². The van der Waals surface area contributed by atoms with Gasteiger partial charge >= 0.3 is 5.97 Å². The van der Waals surface area contributed by atoms with Crippen molar-refractivity contribution in [1.82, 2.24) is 4.90 Å². The van der Waals surface area contributed by atoms with E-state index < -0.39 is 17.5 Å². The van der Waals surface area contributed by atoms with Gasteiger partial charge < -0.3 is 19.5 Å². The van der Waals surface area contributed by atoms with Gasteiger partial charge in [0.15, 0.2) is 0 Å². The van der Waals surface area contributed by atoms with Gasteiger partial charge in [0.05, 0.1) is 5.02 Å². The molecule has 1 aromatic rings. The number of ether oxygens (including phenoxy) is 2. The van der Waals surface area contributed by atoms with E-state index in [0.717, 1.165) is 25.9 Å². The van der Waals surface area contributed by atoms with E-state index in [-0.39, 0.29) is 17.6 Å². The molecule has 1 saturated heterocycles. The molecule has 1 N–H and O–H groups in total. The van der Waals surface area contributed by atoms with E-state index in [0.29, 0.717) is 24.6 Å². The van der Waals surface area contributed by atoms with Gasteiger partial charge in [0.2, 0.25) is 0 Å². The number of halogens is 2. The first-order valence-electron chi connectivity index (χ1n) is 9.32. The third-order valence-electron chi connectivity index (χ3n) is 4.35. The third kappa shape index (κ3) is 8.03. The topological polar surface area (TPSA) is 59.0 Å². The van der Waals surface area contributed by atoms with E-state index in [2.05, 4.69) is 4.90 Å².